The molecule has 0 bridgehead atoms. The van der Waals surface area contributed by atoms with Gasteiger partial charge in [0.2, 0.25) is 5.91 Å². The molecule has 0 saturated carbocycles. The SMILES string of the molecule is CN(C)C(=O)C[C@@H]1CN(c2cccc3nncn23)C[C@H]1O. The largest absolute Gasteiger partial charge is 0.391 e. The minimum Gasteiger partial charge on any atom is -0.391 e. The van der Waals surface area contributed by atoms with Gasteiger partial charge in [0.05, 0.1) is 6.10 Å². The van der Waals surface area contributed by atoms with Crippen molar-refractivity contribution < 1.29 is 9.90 Å². The molecule has 0 aromatic carbocycles. The van der Waals surface area contributed by atoms with Crippen LogP contribution in [0.2, 0.25) is 0 Å². The van der Waals surface area contributed by atoms with E-state index in [1.54, 1.807) is 25.3 Å². The number of hydrogen-bond acceptors (Lipinski definition) is 5. The average molecular weight is 289 g/mol. The maximum atomic E-state index is 11.8. The molecule has 0 aliphatic carbocycles. The number of aromatic nitrogens is 3. The van der Waals surface area contributed by atoms with E-state index in [0.717, 1.165) is 11.5 Å². The highest BCUT2D eigenvalue weighted by Gasteiger charge is 2.34. The van der Waals surface area contributed by atoms with Gasteiger partial charge in [-0.25, -0.2) is 0 Å². The highest BCUT2D eigenvalue weighted by Crippen LogP contribution is 2.26. The van der Waals surface area contributed by atoms with Crippen LogP contribution in [0.5, 0.6) is 0 Å². The Kier molecular flexibility index (Phi) is 3.50. The van der Waals surface area contributed by atoms with Gasteiger partial charge in [0.25, 0.3) is 0 Å². The van der Waals surface area contributed by atoms with Crippen LogP contribution in [0.1, 0.15) is 6.42 Å². The summed E-state index contributed by atoms with van der Waals surface area (Å²) in [6, 6.07) is 5.78. The summed E-state index contributed by atoms with van der Waals surface area (Å²) >= 11 is 0. The highest BCUT2D eigenvalue weighted by atomic mass is 16.3. The van der Waals surface area contributed by atoms with Crippen molar-refractivity contribution in [2.45, 2.75) is 12.5 Å². The number of hydrogen-bond donors (Lipinski definition) is 1. The fraction of sp³-hybridized carbons (Fsp3) is 0.500. The van der Waals surface area contributed by atoms with Gasteiger partial charge in [0.1, 0.15) is 12.1 Å². The Morgan fingerprint density at radius 1 is 1.43 bits per heavy atom. The third kappa shape index (κ3) is 2.56. The molecule has 7 nitrogen and oxygen atoms in total. The molecule has 112 valence electrons. The Balaban J connectivity index is 1.79. The zero-order valence-corrected chi connectivity index (χ0v) is 12.2. The van der Waals surface area contributed by atoms with E-state index >= 15 is 0 Å². The third-order valence-electron chi connectivity index (χ3n) is 3.98. The maximum Gasteiger partial charge on any atom is 0.222 e. The molecule has 2 aromatic rings. The molecule has 0 radical (unpaired) electrons. The Morgan fingerprint density at radius 2 is 2.24 bits per heavy atom. The molecule has 1 aliphatic heterocycles. The standard InChI is InChI=1S/C14H19N5O2/c1-17(2)14(21)6-10-7-18(8-11(10)20)13-5-3-4-12-16-15-9-19(12)13/h3-5,9-11,20H,6-8H2,1-2H3/t10-,11-/m1/s1. The number of carbonyl (C=O) groups excluding carboxylic acids is 1. The van der Waals surface area contributed by atoms with Crippen LogP contribution >= 0.6 is 0 Å². The van der Waals surface area contributed by atoms with Crippen LogP contribution in [0, 0.1) is 5.92 Å². The molecule has 0 unspecified atom stereocenters. The molecule has 2 atom stereocenters. The zero-order chi connectivity index (χ0) is 15.0. The summed E-state index contributed by atoms with van der Waals surface area (Å²) in [5.74, 6) is 0.936. The molecule has 0 spiro atoms. The van der Waals surface area contributed by atoms with E-state index in [4.69, 9.17) is 0 Å². The van der Waals surface area contributed by atoms with Gasteiger partial charge < -0.3 is 14.9 Å². The minimum absolute atomic E-state index is 0.0448. The van der Waals surface area contributed by atoms with Crippen molar-refractivity contribution in [3.05, 3.63) is 24.5 Å². The minimum atomic E-state index is -0.499. The molecule has 1 aliphatic rings. The monoisotopic (exact) mass is 289 g/mol. The summed E-state index contributed by atoms with van der Waals surface area (Å²) in [4.78, 5) is 15.5. The summed E-state index contributed by atoms with van der Waals surface area (Å²) in [7, 11) is 3.47. The number of β-amino-alcohol motifs (C(OH)–C–C–N with tert-alkyl or cyclic N) is 1. The molecule has 1 fully saturated rings. The fourth-order valence-electron chi connectivity index (χ4n) is 2.74. The molecule has 1 N–H and O–H groups in total. The molecular weight excluding hydrogens is 270 g/mol. The van der Waals surface area contributed by atoms with Gasteiger partial charge in [-0.3, -0.25) is 9.20 Å². The Bertz CT molecular complexity index is 654. The summed E-state index contributed by atoms with van der Waals surface area (Å²) < 4.78 is 1.89. The molecular formula is C14H19N5O2. The van der Waals surface area contributed by atoms with Crippen LogP contribution in [0.4, 0.5) is 5.82 Å². The molecule has 21 heavy (non-hydrogen) atoms. The molecule has 3 heterocycles. The lowest BCUT2D eigenvalue weighted by Gasteiger charge is -2.19. The van der Waals surface area contributed by atoms with Gasteiger partial charge in [-0.2, -0.15) is 0 Å². The molecule has 1 amide bonds. The van der Waals surface area contributed by atoms with Gasteiger partial charge in [-0.05, 0) is 12.1 Å². The smallest absolute Gasteiger partial charge is 0.222 e. The van der Waals surface area contributed by atoms with E-state index < -0.39 is 6.10 Å². The third-order valence-corrected chi connectivity index (χ3v) is 3.98. The second-order valence-corrected chi connectivity index (χ2v) is 5.67. The van der Waals surface area contributed by atoms with Crippen molar-refractivity contribution in [2.75, 3.05) is 32.1 Å². The van der Waals surface area contributed by atoms with Crippen molar-refractivity contribution in [3.63, 3.8) is 0 Å². The van der Waals surface area contributed by atoms with Crippen LogP contribution in [0.15, 0.2) is 24.5 Å². The summed E-state index contributed by atoms with van der Waals surface area (Å²) in [6.45, 7) is 1.17. The zero-order valence-electron chi connectivity index (χ0n) is 12.2. The van der Waals surface area contributed by atoms with Crippen LogP contribution < -0.4 is 4.90 Å². The van der Waals surface area contributed by atoms with E-state index in [-0.39, 0.29) is 11.8 Å². The lowest BCUT2D eigenvalue weighted by Crippen LogP contribution is -2.28. The molecule has 3 rings (SSSR count). The highest BCUT2D eigenvalue weighted by molar-refractivity contribution is 5.76. The predicted molar refractivity (Wildman–Crippen MR) is 78.0 cm³/mol. The number of fused-ring (bicyclic) bond motifs is 1. The van der Waals surface area contributed by atoms with Crippen molar-refractivity contribution >= 4 is 17.4 Å². The second-order valence-electron chi connectivity index (χ2n) is 5.67. The first kappa shape index (κ1) is 13.8. The van der Waals surface area contributed by atoms with Crippen molar-refractivity contribution in [2.24, 2.45) is 5.92 Å². The molecule has 2 aromatic heterocycles. The average Bonchev–Trinajstić information content (AvgIpc) is 3.05. The summed E-state index contributed by atoms with van der Waals surface area (Å²) in [6.07, 6.45) is 1.53. The predicted octanol–water partition coefficient (Wildman–Crippen LogP) is 0.00470. The summed E-state index contributed by atoms with van der Waals surface area (Å²) in [5.41, 5.74) is 0.773. The Morgan fingerprint density at radius 3 is 3.00 bits per heavy atom. The lowest BCUT2D eigenvalue weighted by atomic mass is 10.0. The van der Waals surface area contributed by atoms with Crippen LogP contribution in [-0.2, 0) is 4.79 Å². The van der Waals surface area contributed by atoms with Crippen molar-refractivity contribution in [3.8, 4) is 0 Å². The Labute approximate surface area is 122 Å². The van der Waals surface area contributed by atoms with Gasteiger partial charge in [0.15, 0.2) is 5.65 Å². The molecule has 1 saturated heterocycles. The number of anilines is 1. The number of pyridine rings is 1. The normalized spacial score (nSPS) is 22.0. The molecule has 7 heteroatoms. The van der Waals surface area contributed by atoms with E-state index in [9.17, 15) is 9.90 Å². The van der Waals surface area contributed by atoms with E-state index in [1.807, 2.05) is 22.6 Å². The fourth-order valence-corrected chi connectivity index (χ4v) is 2.74. The first-order valence-corrected chi connectivity index (χ1v) is 6.98. The lowest BCUT2D eigenvalue weighted by molar-refractivity contribution is -0.130. The summed E-state index contributed by atoms with van der Waals surface area (Å²) in [5, 5.41) is 18.2. The second kappa shape index (κ2) is 5.33. The van der Waals surface area contributed by atoms with Gasteiger partial charge in [0, 0.05) is 39.5 Å². The van der Waals surface area contributed by atoms with E-state index in [0.29, 0.717) is 19.5 Å². The first-order valence-electron chi connectivity index (χ1n) is 6.98. The van der Waals surface area contributed by atoms with E-state index in [2.05, 4.69) is 15.1 Å². The van der Waals surface area contributed by atoms with Gasteiger partial charge in [-0.15, -0.1) is 10.2 Å². The first-order chi connectivity index (χ1) is 10.1. The Hall–Kier alpha value is -2.15. The number of carbonyl (C=O) groups is 1. The number of rotatable bonds is 3. The van der Waals surface area contributed by atoms with E-state index in [1.165, 1.54) is 0 Å². The topological polar surface area (TPSA) is 74.0 Å². The number of nitrogens with zero attached hydrogens (tertiary/aromatic N) is 5. The van der Waals surface area contributed by atoms with Gasteiger partial charge >= 0.3 is 0 Å². The number of aliphatic hydroxyl groups is 1. The van der Waals surface area contributed by atoms with Crippen LogP contribution in [-0.4, -0.2) is 63.8 Å². The number of aliphatic hydroxyl groups excluding tert-OH is 1. The van der Waals surface area contributed by atoms with Crippen molar-refractivity contribution in [1.29, 1.82) is 0 Å². The number of amides is 1. The maximum absolute atomic E-state index is 11.8. The van der Waals surface area contributed by atoms with Crippen LogP contribution in [0.3, 0.4) is 0 Å². The van der Waals surface area contributed by atoms with Crippen LogP contribution in [0.25, 0.3) is 5.65 Å². The quantitative estimate of drug-likeness (QED) is 0.861. The van der Waals surface area contributed by atoms with Crippen molar-refractivity contribution in [1.82, 2.24) is 19.5 Å². The van der Waals surface area contributed by atoms with Gasteiger partial charge in [-0.1, -0.05) is 6.07 Å².